The molecule has 0 aliphatic heterocycles. The minimum absolute atomic E-state index is 0.228. The molecule has 1 unspecified atom stereocenters. The van der Waals surface area contributed by atoms with Gasteiger partial charge in [-0.2, -0.15) is 5.10 Å². The number of aryl methyl sites for hydroxylation is 3. The van der Waals surface area contributed by atoms with Crippen molar-refractivity contribution in [3.63, 3.8) is 0 Å². The second kappa shape index (κ2) is 6.68. The average molecular weight is 272 g/mol. The number of benzene rings is 1. The number of nitrogens with two attached hydrogens (primary N) is 1. The number of nitrogens with zero attached hydrogens (tertiary/aromatic N) is 2. The van der Waals surface area contributed by atoms with Crippen LogP contribution < -0.4 is 11.3 Å². The highest BCUT2D eigenvalue weighted by atomic mass is 15.3. The number of nitrogens with one attached hydrogen (secondary N) is 1. The summed E-state index contributed by atoms with van der Waals surface area (Å²) in [7, 11) is 0. The van der Waals surface area contributed by atoms with Crippen LogP contribution in [0.2, 0.25) is 0 Å². The predicted octanol–water partition coefficient (Wildman–Crippen LogP) is 2.14. The molecule has 0 aliphatic carbocycles. The fourth-order valence-electron chi connectivity index (χ4n) is 2.63. The van der Waals surface area contributed by atoms with Crippen LogP contribution in [0.4, 0.5) is 0 Å². The molecule has 3 N–H and O–H groups in total. The molecule has 0 spiro atoms. The largest absolute Gasteiger partial charge is 0.273 e. The summed E-state index contributed by atoms with van der Waals surface area (Å²) in [5.74, 6) is 5.71. The molecule has 0 amide bonds. The molecule has 1 atom stereocenters. The van der Waals surface area contributed by atoms with Crippen LogP contribution in [0.1, 0.15) is 29.2 Å². The Balaban J connectivity index is 2.04. The molecule has 0 radical (unpaired) electrons. The van der Waals surface area contributed by atoms with Gasteiger partial charge in [0.2, 0.25) is 0 Å². The molecule has 4 nitrogen and oxygen atoms in total. The molecule has 0 fully saturated rings. The van der Waals surface area contributed by atoms with Crippen molar-refractivity contribution in [2.45, 2.75) is 46.2 Å². The van der Waals surface area contributed by atoms with E-state index in [1.807, 2.05) is 10.9 Å². The number of hydrogen-bond donors (Lipinski definition) is 2. The smallest absolute Gasteiger partial charge is 0.0522 e. The molecule has 0 bridgehead atoms. The molecule has 0 saturated heterocycles. The fraction of sp³-hybridized carbons (Fsp3) is 0.438. The molecular weight excluding hydrogens is 248 g/mol. The third-order valence-electron chi connectivity index (χ3n) is 3.49. The van der Waals surface area contributed by atoms with E-state index in [0.717, 1.165) is 19.4 Å². The van der Waals surface area contributed by atoms with E-state index in [9.17, 15) is 0 Å². The summed E-state index contributed by atoms with van der Waals surface area (Å²) in [6, 6.07) is 6.88. The Kier molecular flexibility index (Phi) is 4.93. The van der Waals surface area contributed by atoms with Crippen LogP contribution >= 0.6 is 0 Å². The molecule has 1 aromatic carbocycles. The van der Waals surface area contributed by atoms with Crippen molar-refractivity contribution in [3.8, 4) is 0 Å². The average Bonchev–Trinajstić information content (AvgIpc) is 2.84. The first-order valence-electron chi connectivity index (χ1n) is 7.15. The van der Waals surface area contributed by atoms with Gasteiger partial charge in [-0.05, 0) is 44.7 Å². The molecular formula is C16H24N4. The maximum Gasteiger partial charge on any atom is 0.0522 e. The normalized spacial score (nSPS) is 12.6. The minimum atomic E-state index is 0.228. The van der Waals surface area contributed by atoms with Crippen LogP contribution in [-0.4, -0.2) is 15.8 Å². The van der Waals surface area contributed by atoms with Crippen LogP contribution in [-0.2, 0) is 19.4 Å². The van der Waals surface area contributed by atoms with E-state index in [2.05, 4.69) is 55.7 Å². The Morgan fingerprint density at radius 3 is 2.35 bits per heavy atom. The number of rotatable bonds is 6. The molecule has 20 heavy (non-hydrogen) atoms. The summed E-state index contributed by atoms with van der Waals surface area (Å²) in [5, 5.41) is 4.31. The topological polar surface area (TPSA) is 55.9 Å². The SMILES string of the molecule is CCn1cc(CC(Cc2cc(C)cc(C)c2)NN)cn1. The van der Waals surface area contributed by atoms with Gasteiger partial charge < -0.3 is 0 Å². The van der Waals surface area contributed by atoms with E-state index >= 15 is 0 Å². The van der Waals surface area contributed by atoms with Gasteiger partial charge in [-0.25, -0.2) is 0 Å². The second-order valence-electron chi connectivity index (χ2n) is 5.47. The highest BCUT2D eigenvalue weighted by molar-refractivity contribution is 5.29. The fourth-order valence-corrected chi connectivity index (χ4v) is 2.63. The predicted molar refractivity (Wildman–Crippen MR) is 82.3 cm³/mol. The van der Waals surface area contributed by atoms with Gasteiger partial charge in [0.15, 0.2) is 0 Å². The van der Waals surface area contributed by atoms with Crippen molar-refractivity contribution in [2.24, 2.45) is 5.84 Å². The van der Waals surface area contributed by atoms with Crippen LogP contribution in [0.25, 0.3) is 0 Å². The monoisotopic (exact) mass is 272 g/mol. The zero-order valence-electron chi connectivity index (χ0n) is 12.6. The minimum Gasteiger partial charge on any atom is -0.273 e. The Labute approximate surface area is 121 Å². The van der Waals surface area contributed by atoms with E-state index in [1.165, 1.54) is 22.3 Å². The molecule has 1 aromatic heterocycles. The summed E-state index contributed by atoms with van der Waals surface area (Å²) < 4.78 is 1.94. The first-order chi connectivity index (χ1) is 9.60. The third-order valence-corrected chi connectivity index (χ3v) is 3.49. The lowest BCUT2D eigenvalue weighted by Gasteiger charge is -2.16. The van der Waals surface area contributed by atoms with Crippen molar-refractivity contribution >= 4 is 0 Å². The molecule has 2 aromatic rings. The Morgan fingerprint density at radius 2 is 1.80 bits per heavy atom. The Bertz CT molecular complexity index is 539. The van der Waals surface area contributed by atoms with Crippen molar-refractivity contribution in [1.29, 1.82) is 0 Å². The van der Waals surface area contributed by atoms with Gasteiger partial charge in [-0.3, -0.25) is 16.0 Å². The summed E-state index contributed by atoms with van der Waals surface area (Å²) in [6.07, 6.45) is 5.83. The van der Waals surface area contributed by atoms with E-state index in [4.69, 9.17) is 5.84 Å². The Morgan fingerprint density at radius 1 is 1.15 bits per heavy atom. The highest BCUT2D eigenvalue weighted by Gasteiger charge is 2.11. The van der Waals surface area contributed by atoms with Gasteiger partial charge in [-0.15, -0.1) is 0 Å². The van der Waals surface area contributed by atoms with Gasteiger partial charge in [0, 0.05) is 18.8 Å². The molecule has 0 saturated carbocycles. The van der Waals surface area contributed by atoms with Crippen molar-refractivity contribution < 1.29 is 0 Å². The molecule has 2 rings (SSSR count). The third kappa shape index (κ3) is 3.92. The molecule has 4 heteroatoms. The van der Waals surface area contributed by atoms with Crippen LogP contribution in [0.3, 0.4) is 0 Å². The van der Waals surface area contributed by atoms with Crippen LogP contribution in [0.15, 0.2) is 30.6 Å². The summed E-state index contributed by atoms with van der Waals surface area (Å²) >= 11 is 0. The maximum absolute atomic E-state index is 5.71. The van der Waals surface area contributed by atoms with Crippen molar-refractivity contribution in [1.82, 2.24) is 15.2 Å². The zero-order chi connectivity index (χ0) is 14.5. The summed E-state index contributed by atoms with van der Waals surface area (Å²) in [5.41, 5.74) is 8.08. The highest BCUT2D eigenvalue weighted by Crippen LogP contribution is 2.13. The van der Waals surface area contributed by atoms with Gasteiger partial charge in [0.05, 0.1) is 6.20 Å². The maximum atomic E-state index is 5.71. The number of hydrogen-bond acceptors (Lipinski definition) is 3. The van der Waals surface area contributed by atoms with E-state index in [0.29, 0.717) is 0 Å². The number of aromatic nitrogens is 2. The zero-order valence-corrected chi connectivity index (χ0v) is 12.6. The lowest BCUT2D eigenvalue weighted by atomic mass is 9.98. The summed E-state index contributed by atoms with van der Waals surface area (Å²) in [6.45, 7) is 7.25. The van der Waals surface area contributed by atoms with Gasteiger partial charge in [0.25, 0.3) is 0 Å². The van der Waals surface area contributed by atoms with Gasteiger partial charge in [0.1, 0.15) is 0 Å². The lowest BCUT2D eigenvalue weighted by Crippen LogP contribution is -2.38. The van der Waals surface area contributed by atoms with Crippen molar-refractivity contribution in [2.75, 3.05) is 0 Å². The van der Waals surface area contributed by atoms with Gasteiger partial charge >= 0.3 is 0 Å². The summed E-state index contributed by atoms with van der Waals surface area (Å²) in [4.78, 5) is 0. The van der Waals surface area contributed by atoms with E-state index < -0.39 is 0 Å². The standard InChI is InChI=1S/C16H24N4/c1-4-20-11-15(10-18-20)9-16(19-17)8-14-6-12(2)5-13(3)7-14/h5-7,10-11,16,19H,4,8-9,17H2,1-3H3. The molecule has 0 aliphatic rings. The first kappa shape index (κ1) is 14.8. The van der Waals surface area contributed by atoms with E-state index in [1.54, 1.807) is 0 Å². The quantitative estimate of drug-likeness (QED) is 0.626. The first-order valence-corrected chi connectivity index (χ1v) is 7.15. The van der Waals surface area contributed by atoms with Crippen molar-refractivity contribution in [3.05, 3.63) is 52.8 Å². The Hall–Kier alpha value is -1.65. The van der Waals surface area contributed by atoms with Gasteiger partial charge in [-0.1, -0.05) is 29.3 Å². The number of hydrazine groups is 1. The molecule has 1 heterocycles. The van der Waals surface area contributed by atoms with Crippen LogP contribution in [0.5, 0.6) is 0 Å². The van der Waals surface area contributed by atoms with Crippen LogP contribution in [0, 0.1) is 13.8 Å². The lowest BCUT2D eigenvalue weighted by molar-refractivity contribution is 0.522. The van der Waals surface area contributed by atoms with E-state index in [-0.39, 0.29) is 6.04 Å². The second-order valence-corrected chi connectivity index (χ2v) is 5.47. The molecule has 108 valence electrons.